The van der Waals surface area contributed by atoms with Gasteiger partial charge in [0.15, 0.2) is 0 Å². The van der Waals surface area contributed by atoms with Gasteiger partial charge in [-0.25, -0.2) is 0 Å². The predicted molar refractivity (Wildman–Crippen MR) is 51.4 cm³/mol. The largest absolute Gasteiger partial charge is 0.120 e. The van der Waals surface area contributed by atoms with Gasteiger partial charge in [0.05, 0.1) is 0 Å². The summed E-state index contributed by atoms with van der Waals surface area (Å²) in [6.45, 7) is 4.48. The summed E-state index contributed by atoms with van der Waals surface area (Å²) in [5.74, 6) is 3.44. The van der Waals surface area contributed by atoms with E-state index in [9.17, 15) is 0 Å². The zero-order valence-electron chi connectivity index (χ0n) is 7.90. The maximum atomic E-state index is 5.21. The van der Waals surface area contributed by atoms with Crippen molar-refractivity contribution in [2.24, 2.45) is 5.92 Å². The smallest absolute Gasteiger partial charge is 0.0112 e. The first kappa shape index (κ1) is 10.6. The van der Waals surface area contributed by atoms with Gasteiger partial charge in [0.2, 0.25) is 0 Å². The van der Waals surface area contributed by atoms with Crippen LogP contribution >= 0.6 is 0 Å². The molecule has 0 aliphatic heterocycles. The zero-order chi connectivity index (χ0) is 8.53. The Balaban J connectivity index is 3.05. The molecule has 0 heteroatoms. The van der Waals surface area contributed by atoms with E-state index in [2.05, 4.69) is 19.8 Å². The summed E-state index contributed by atoms with van der Waals surface area (Å²) >= 11 is 0. The van der Waals surface area contributed by atoms with Crippen LogP contribution in [0.1, 0.15) is 52.4 Å². The zero-order valence-corrected chi connectivity index (χ0v) is 7.90. The first-order chi connectivity index (χ1) is 5.31. The van der Waals surface area contributed by atoms with E-state index in [0.29, 0.717) is 0 Å². The van der Waals surface area contributed by atoms with Crippen LogP contribution in [0.3, 0.4) is 0 Å². The summed E-state index contributed by atoms with van der Waals surface area (Å²) in [5.41, 5.74) is 0. The molecule has 0 rings (SSSR count). The molecule has 0 bridgehead atoms. The Labute approximate surface area is 71.4 Å². The second kappa shape index (κ2) is 7.66. The lowest BCUT2D eigenvalue weighted by atomic mass is 10.00. The van der Waals surface area contributed by atoms with E-state index < -0.39 is 0 Å². The van der Waals surface area contributed by atoms with Crippen molar-refractivity contribution in [2.75, 3.05) is 0 Å². The van der Waals surface area contributed by atoms with Gasteiger partial charge in [0.25, 0.3) is 0 Å². The van der Waals surface area contributed by atoms with Gasteiger partial charge < -0.3 is 0 Å². The highest BCUT2D eigenvalue weighted by Crippen LogP contribution is 2.12. The summed E-state index contributed by atoms with van der Waals surface area (Å²) in [5, 5.41) is 0. The molecule has 1 atom stereocenters. The van der Waals surface area contributed by atoms with E-state index in [1.807, 2.05) is 0 Å². The fourth-order valence-corrected chi connectivity index (χ4v) is 1.22. The van der Waals surface area contributed by atoms with Gasteiger partial charge in [-0.1, -0.05) is 39.5 Å². The number of hydrogen-bond donors (Lipinski definition) is 0. The maximum absolute atomic E-state index is 5.21. The van der Waals surface area contributed by atoms with Crippen molar-refractivity contribution in [1.29, 1.82) is 0 Å². The standard InChI is InChI=1S/C11H20/c1-4-6-7-8-10-11(3)9-5-2/h2,11H,4,6-10H2,1,3H3. The van der Waals surface area contributed by atoms with Crippen LogP contribution in [0, 0.1) is 18.3 Å². The molecule has 0 aromatic heterocycles. The molecule has 64 valence electrons. The average molecular weight is 152 g/mol. The van der Waals surface area contributed by atoms with E-state index in [0.717, 1.165) is 12.3 Å². The molecular weight excluding hydrogens is 132 g/mol. The summed E-state index contributed by atoms with van der Waals surface area (Å²) in [4.78, 5) is 0. The molecular formula is C11H20. The molecule has 1 unspecified atom stereocenters. The number of terminal acetylenes is 1. The third kappa shape index (κ3) is 7.46. The molecule has 0 saturated carbocycles. The van der Waals surface area contributed by atoms with Crippen LogP contribution in [0.5, 0.6) is 0 Å². The molecule has 0 spiro atoms. The lowest BCUT2D eigenvalue weighted by Gasteiger charge is -2.05. The fourth-order valence-electron chi connectivity index (χ4n) is 1.22. The SMILES string of the molecule is C#CCC(C)CCCCCC. The third-order valence-corrected chi connectivity index (χ3v) is 2.02. The Hall–Kier alpha value is -0.440. The minimum Gasteiger partial charge on any atom is -0.120 e. The van der Waals surface area contributed by atoms with Gasteiger partial charge in [0.1, 0.15) is 0 Å². The van der Waals surface area contributed by atoms with Crippen LogP contribution in [0.4, 0.5) is 0 Å². The van der Waals surface area contributed by atoms with Crippen LogP contribution in [0.2, 0.25) is 0 Å². The summed E-state index contributed by atoms with van der Waals surface area (Å²) < 4.78 is 0. The third-order valence-electron chi connectivity index (χ3n) is 2.02. The Kier molecular flexibility index (Phi) is 7.36. The molecule has 11 heavy (non-hydrogen) atoms. The van der Waals surface area contributed by atoms with E-state index in [4.69, 9.17) is 6.42 Å². The van der Waals surface area contributed by atoms with Crippen molar-refractivity contribution >= 4 is 0 Å². The molecule has 0 nitrogen and oxygen atoms in total. The molecule has 0 aliphatic rings. The molecule has 0 aromatic carbocycles. The molecule has 0 radical (unpaired) electrons. The molecule has 0 aromatic rings. The lowest BCUT2D eigenvalue weighted by molar-refractivity contribution is 0.499. The van der Waals surface area contributed by atoms with E-state index >= 15 is 0 Å². The minimum atomic E-state index is 0.733. The monoisotopic (exact) mass is 152 g/mol. The first-order valence-electron chi connectivity index (χ1n) is 4.74. The van der Waals surface area contributed by atoms with Crippen LogP contribution in [0.15, 0.2) is 0 Å². The van der Waals surface area contributed by atoms with Crippen molar-refractivity contribution in [3.63, 3.8) is 0 Å². The summed E-state index contributed by atoms with van der Waals surface area (Å²) in [6, 6.07) is 0. The molecule has 0 heterocycles. The van der Waals surface area contributed by atoms with Crippen molar-refractivity contribution in [3.05, 3.63) is 0 Å². The summed E-state index contributed by atoms with van der Waals surface area (Å²) in [6.07, 6.45) is 12.9. The van der Waals surface area contributed by atoms with Crippen molar-refractivity contribution in [2.45, 2.75) is 52.4 Å². The van der Waals surface area contributed by atoms with Crippen molar-refractivity contribution < 1.29 is 0 Å². The highest BCUT2D eigenvalue weighted by atomic mass is 14.0. The van der Waals surface area contributed by atoms with Gasteiger partial charge in [0, 0.05) is 6.42 Å². The highest BCUT2D eigenvalue weighted by molar-refractivity contribution is 4.85. The normalized spacial score (nSPS) is 12.5. The highest BCUT2D eigenvalue weighted by Gasteiger charge is 1.98. The quantitative estimate of drug-likeness (QED) is 0.403. The van der Waals surface area contributed by atoms with Crippen molar-refractivity contribution in [3.8, 4) is 12.3 Å². The maximum Gasteiger partial charge on any atom is 0.0112 e. The second-order valence-electron chi connectivity index (χ2n) is 3.36. The van der Waals surface area contributed by atoms with Gasteiger partial charge in [-0.2, -0.15) is 0 Å². The van der Waals surface area contributed by atoms with Gasteiger partial charge in [-0.3, -0.25) is 0 Å². The second-order valence-corrected chi connectivity index (χ2v) is 3.36. The van der Waals surface area contributed by atoms with Crippen LogP contribution < -0.4 is 0 Å². The topological polar surface area (TPSA) is 0 Å². The minimum absolute atomic E-state index is 0.733. The first-order valence-corrected chi connectivity index (χ1v) is 4.74. The van der Waals surface area contributed by atoms with Crippen LogP contribution in [-0.4, -0.2) is 0 Å². The molecule has 0 fully saturated rings. The van der Waals surface area contributed by atoms with Crippen LogP contribution in [-0.2, 0) is 0 Å². The van der Waals surface area contributed by atoms with E-state index in [1.54, 1.807) is 0 Å². The molecule has 0 N–H and O–H groups in total. The van der Waals surface area contributed by atoms with Gasteiger partial charge in [-0.15, -0.1) is 12.3 Å². The van der Waals surface area contributed by atoms with Gasteiger partial charge in [-0.05, 0) is 12.3 Å². The van der Waals surface area contributed by atoms with Crippen LogP contribution in [0.25, 0.3) is 0 Å². The average Bonchev–Trinajstić information content (AvgIpc) is 1.99. The Bertz CT molecular complexity index is 108. The molecule has 0 amide bonds. The number of hydrogen-bond acceptors (Lipinski definition) is 0. The van der Waals surface area contributed by atoms with Gasteiger partial charge >= 0.3 is 0 Å². The number of unbranched alkanes of at least 4 members (excludes halogenated alkanes) is 3. The Morgan fingerprint density at radius 2 is 2.00 bits per heavy atom. The number of rotatable bonds is 6. The van der Waals surface area contributed by atoms with E-state index in [-0.39, 0.29) is 0 Å². The fraction of sp³-hybridized carbons (Fsp3) is 0.818. The Morgan fingerprint density at radius 1 is 1.27 bits per heavy atom. The Morgan fingerprint density at radius 3 is 2.55 bits per heavy atom. The van der Waals surface area contributed by atoms with E-state index in [1.165, 1.54) is 32.1 Å². The summed E-state index contributed by atoms with van der Waals surface area (Å²) in [7, 11) is 0. The van der Waals surface area contributed by atoms with Crippen molar-refractivity contribution in [1.82, 2.24) is 0 Å². The lowest BCUT2D eigenvalue weighted by Crippen LogP contribution is -1.92. The molecule has 0 aliphatic carbocycles. The predicted octanol–water partition coefficient (Wildman–Crippen LogP) is 3.62. The molecule has 0 saturated heterocycles.